The molecule has 0 heterocycles. The monoisotopic (exact) mass is 526 g/mol. The summed E-state index contributed by atoms with van der Waals surface area (Å²) < 4.78 is 23.8. The SMILES string of the molecule is CCCCCCCC(O)[O][Ti](=[O])([O]C(C)C)([CH](O)CCCCCCC)[CH](O)CCCCCCC. The van der Waals surface area contributed by atoms with Gasteiger partial charge in [0.2, 0.25) is 0 Å². The normalized spacial score (nSPS) is 15.6. The number of hydrogen-bond acceptors (Lipinski definition) is 6. The van der Waals surface area contributed by atoms with E-state index >= 15 is 0 Å². The van der Waals surface area contributed by atoms with E-state index in [-0.39, 0.29) is 12.8 Å². The van der Waals surface area contributed by atoms with Crippen LogP contribution in [0, 0.1) is 0 Å². The van der Waals surface area contributed by atoms with Crippen molar-refractivity contribution < 1.29 is 41.3 Å². The van der Waals surface area contributed by atoms with Crippen LogP contribution >= 0.6 is 0 Å². The molecule has 0 aliphatic rings. The predicted molar refractivity (Wildman–Crippen MR) is 136 cm³/mol. The van der Waals surface area contributed by atoms with Crippen LogP contribution in [-0.4, -0.2) is 36.5 Å². The Morgan fingerprint density at radius 2 is 0.912 bits per heavy atom. The number of aliphatic hydroxyl groups is 3. The molecule has 0 fully saturated rings. The summed E-state index contributed by atoms with van der Waals surface area (Å²) in [6.07, 6.45) is 13.8. The Kier molecular flexibility index (Phi) is 19.6. The molecule has 0 amide bonds. The molecule has 0 aromatic carbocycles. The van der Waals surface area contributed by atoms with E-state index in [1.54, 1.807) is 13.8 Å². The molecule has 34 heavy (non-hydrogen) atoms. The standard InChI is InChI=1S/C8H17O2.2C8H17O.C3H7O.O.Ti/c1-2-3-4-5-6-7-8(9)10;2*1-2-3-4-5-6-7-8-9;1-3(2)4;;/h8-9H,2-7H2,1H3;2*8-9H,2-7H2,1H3;3H,1-2H3;;/q-1;;;-1;;+2. The van der Waals surface area contributed by atoms with Crippen LogP contribution in [0.2, 0.25) is 0 Å². The van der Waals surface area contributed by atoms with Crippen LogP contribution in [0.25, 0.3) is 0 Å². The fourth-order valence-corrected chi connectivity index (χ4v) is 11.2. The number of rotatable bonds is 24. The summed E-state index contributed by atoms with van der Waals surface area (Å²) in [5.74, 6) is 0. The molecule has 0 saturated heterocycles. The van der Waals surface area contributed by atoms with Gasteiger partial charge >= 0.3 is 213 Å². The summed E-state index contributed by atoms with van der Waals surface area (Å²) in [6.45, 7) is 9.92. The zero-order valence-electron chi connectivity index (χ0n) is 23.1. The summed E-state index contributed by atoms with van der Waals surface area (Å²) >= 11 is -6.13. The molecule has 3 unspecified atom stereocenters. The van der Waals surface area contributed by atoms with Crippen LogP contribution in [0.3, 0.4) is 0 Å². The van der Waals surface area contributed by atoms with Gasteiger partial charge in [0.05, 0.1) is 0 Å². The van der Waals surface area contributed by atoms with Crippen LogP contribution in [-0.2, 0) is 26.0 Å². The molecule has 0 aliphatic heterocycles. The van der Waals surface area contributed by atoms with E-state index in [9.17, 15) is 18.6 Å². The fourth-order valence-electron chi connectivity index (χ4n) is 4.68. The number of hydrogen-bond donors (Lipinski definition) is 3. The maximum atomic E-state index is 14.8. The van der Waals surface area contributed by atoms with E-state index in [4.69, 9.17) is 6.64 Å². The zero-order chi connectivity index (χ0) is 25.9. The molecule has 0 spiro atoms. The van der Waals surface area contributed by atoms with Gasteiger partial charge in [0.25, 0.3) is 0 Å². The molecule has 0 aromatic heterocycles. The van der Waals surface area contributed by atoms with Gasteiger partial charge in [-0.2, -0.15) is 0 Å². The van der Waals surface area contributed by atoms with Crippen LogP contribution in [0.5, 0.6) is 0 Å². The third-order valence-electron chi connectivity index (χ3n) is 6.75. The summed E-state index contributed by atoms with van der Waals surface area (Å²) in [6, 6.07) is 0. The topological polar surface area (TPSA) is 96.2 Å². The van der Waals surface area contributed by atoms with Gasteiger partial charge in [-0.05, 0) is 0 Å². The van der Waals surface area contributed by atoms with Crippen molar-refractivity contribution in [2.24, 2.45) is 0 Å². The van der Waals surface area contributed by atoms with Crippen molar-refractivity contribution in [1.82, 2.24) is 0 Å². The van der Waals surface area contributed by atoms with Crippen molar-refractivity contribution in [2.75, 3.05) is 0 Å². The molecule has 0 radical (unpaired) electrons. The third-order valence-corrected chi connectivity index (χ3v) is 14.0. The predicted octanol–water partition coefficient (Wildman–Crippen LogP) is 7.33. The van der Waals surface area contributed by atoms with Gasteiger partial charge in [-0.3, -0.25) is 0 Å². The molecule has 0 rings (SSSR count). The van der Waals surface area contributed by atoms with Crippen molar-refractivity contribution in [3.8, 4) is 0 Å². The summed E-state index contributed by atoms with van der Waals surface area (Å²) in [4.78, 5) is 0. The zero-order valence-corrected chi connectivity index (χ0v) is 24.7. The Labute approximate surface area is 212 Å². The van der Waals surface area contributed by atoms with Gasteiger partial charge in [-0.15, -0.1) is 0 Å². The Morgan fingerprint density at radius 1 is 0.559 bits per heavy atom. The van der Waals surface area contributed by atoms with Gasteiger partial charge in [-0.1, -0.05) is 0 Å². The average Bonchev–Trinajstić information content (AvgIpc) is 2.77. The van der Waals surface area contributed by atoms with Crippen LogP contribution in [0.4, 0.5) is 0 Å². The first-order valence-corrected chi connectivity index (χ1v) is 18.2. The van der Waals surface area contributed by atoms with Gasteiger partial charge in [0, 0.05) is 0 Å². The van der Waals surface area contributed by atoms with Crippen LogP contribution in [0.1, 0.15) is 150 Å². The van der Waals surface area contributed by atoms with Crippen LogP contribution < -0.4 is 0 Å². The Balaban J connectivity index is 5.55. The molecule has 0 aliphatic carbocycles. The first-order valence-electron chi connectivity index (χ1n) is 14.4. The maximum absolute atomic E-state index is 14.8. The molecule has 3 atom stereocenters. The fraction of sp³-hybridized carbons (Fsp3) is 1.00. The van der Waals surface area contributed by atoms with Crippen molar-refractivity contribution >= 4 is 0 Å². The Bertz CT molecular complexity index is 515. The molecule has 0 bridgehead atoms. The van der Waals surface area contributed by atoms with Crippen molar-refractivity contribution in [3.63, 3.8) is 0 Å². The Hall–Kier alpha value is 0.314. The second-order valence-electron chi connectivity index (χ2n) is 10.5. The molecule has 0 aromatic rings. The van der Waals surface area contributed by atoms with E-state index in [0.29, 0.717) is 19.3 Å². The number of unbranched alkanes of at least 4 members (excludes halogenated alkanes) is 12. The van der Waals surface area contributed by atoms with Crippen molar-refractivity contribution in [1.29, 1.82) is 0 Å². The van der Waals surface area contributed by atoms with Crippen molar-refractivity contribution in [2.45, 2.75) is 171 Å². The average molecular weight is 527 g/mol. The van der Waals surface area contributed by atoms with Gasteiger partial charge < -0.3 is 0 Å². The molecule has 6 nitrogen and oxygen atoms in total. The summed E-state index contributed by atoms with van der Waals surface area (Å²) in [5, 5.41) is 33.3. The second kappa shape index (κ2) is 19.4. The van der Waals surface area contributed by atoms with Crippen LogP contribution in [0.15, 0.2) is 0 Å². The third kappa shape index (κ3) is 13.0. The molecule has 3 N–H and O–H groups in total. The van der Waals surface area contributed by atoms with E-state index < -0.39 is 37.3 Å². The van der Waals surface area contributed by atoms with E-state index in [0.717, 1.165) is 83.5 Å². The molecular formula is C27H58O6Ti. The van der Waals surface area contributed by atoms with Gasteiger partial charge in [-0.25, -0.2) is 0 Å². The quantitative estimate of drug-likeness (QED) is 0.0692. The van der Waals surface area contributed by atoms with E-state index in [2.05, 4.69) is 20.8 Å². The summed E-state index contributed by atoms with van der Waals surface area (Å²) in [7, 11) is 0. The molecule has 206 valence electrons. The van der Waals surface area contributed by atoms with Gasteiger partial charge in [0.15, 0.2) is 0 Å². The molecule has 0 saturated carbocycles. The second-order valence-corrected chi connectivity index (χ2v) is 16.8. The number of aliphatic hydroxyl groups excluding tert-OH is 3. The first kappa shape index (κ1) is 34.3. The molecule has 7 heteroatoms. The minimum absolute atomic E-state index is 0.243. The first-order chi connectivity index (χ1) is 16.1. The summed E-state index contributed by atoms with van der Waals surface area (Å²) in [5.41, 5.74) is 0. The Morgan fingerprint density at radius 3 is 1.26 bits per heavy atom. The molecular weight excluding hydrogens is 468 g/mol. The van der Waals surface area contributed by atoms with Gasteiger partial charge in [0.1, 0.15) is 0 Å². The van der Waals surface area contributed by atoms with Crippen molar-refractivity contribution in [3.05, 3.63) is 0 Å². The minimum atomic E-state index is -6.13. The van der Waals surface area contributed by atoms with E-state index in [1.165, 1.54) is 0 Å². The van der Waals surface area contributed by atoms with E-state index in [1.807, 2.05) is 0 Å².